The number of hydrogen-bond donors (Lipinski definition) is 2. The van der Waals surface area contributed by atoms with E-state index in [0.29, 0.717) is 38.3 Å². The summed E-state index contributed by atoms with van der Waals surface area (Å²) in [5, 5.41) is 11.8. The van der Waals surface area contributed by atoms with Crippen LogP contribution in [0.25, 0.3) is 0 Å². The van der Waals surface area contributed by atoms with E-state index in [0.717, 1.165) is 12.8 Å². The van der Waals surface area contributed by atoms with E-state index in [1.54, 1.807) is 4.90 Å². The van der Waals surface area contributed by atoms with Gasteiger partial charge in [-0.2, -0.15) is 0 Å². The van der Waals surface area contributed by atoms with Gasteiger partial charge in [-0.3, -0.25) is 9.59 Å². The number of aliphatic hydroxyl groups is 1. The van der Waals surface area contributed by atoms with Gasteiger partial charge in [0.1, 0.15) is 6.04 Å². The first-order valence-corrected chi connectivity index (χ1v) is 8.13. The fourth-order valence-electron chi connectivity index (χ4n) is 2.69. The minimum absolute atomic E-state index is 0.0521. The Hall–Kier alpha value is -1.10. The van der Waals surface area contributed by atoms with Crippen LogP contribution < -0.4 is 5.32 Å². The van der Waals surface area contributed by atoms with Crippen LogP contribution in [0.2, 0.25) is 0 Å². The minimum Gasteiger partial charge on any atom is -0.396 e. The van der Waals surface area contributed by atoms with Gasteiger partial charge >= 0.3 is 0 Å². The lowest BCUT2D eigenvalue weighted by atomic mass is 9.98. The second kappa shape index (κ2) is 9.03. The largest absolute Gasteiger partial charge is 0.396 e. The van der Waals surface area contributed by atoms with Gasteiger partial charge in [-0.1, -0.05) is 20.8 Å². The number of likely N-dealkylation sites (tertiary alicyclic amines) is 1. The molecular formula is C16H30N2O3. The maximum atomic E-state index is 12.5. The van der Waals surface area contributed by atoms with Crippen molar-refractivity contribution in [2.75, 3.05) is 19.7 Å². The van der Waals surface area contributed by atoms with Gasteiger partial charge in [0, 0.05) is 26.1 Å². The highest BCUT2D eigenvalue weighted by atomic mass is 16.3. The Balaban J connectivity index is 2.63. The highest BCUT2D eigenvalue weighted by Crippen LogP contribution is 2.19. The lowest BCUT2D eigenvalue weighted by molar-refractivity contribution is -0.143. The molecule has 0 saturated carbocycles. The van der Waals surface area contributed by atoms with Gasteiger partial charge in [0.2, 0.25) is 11.8 Å². The second-order valence-corrected chi connectivity index (χ2v) is 6.55. The van der Waals surface area contributed by atoms with Crippen molar-refractivity contribution in [2.24, 2.45) is 11.8 Å². The fraction of sp³-hybridized carbons (Fsp3) is 0.875. The molecule has 5 heteroatoms. The van der Waals surface area contributed by atoms with Gasteiger partial charge < -0.3 is 15.3 Å². The molecule has 1 fully saturated rings. The molecule has 1 saturated heterocycles. The van der Waals surface area contributed by atoms with Gasteiger partial charge in [0.15, 0.2) is 0 Å². The number of aliphatic hydroxyl groups excluding tert-OH is 1. The molecule has 0 aromatic carbocycles. The fourth-order valence-corrected chi connectivity index (χ4v) is 2.69. The Kier molecular flexibility index (Phi) is 7.72. The van der Waals surface area contributed by atoms with Crippen LogP contribution in [-0.4, -0.2) is 47.6 Å². The molecule has 2 amide bonds. The maximum Gasteiger partial charge on any atom is 0.242 e. The molecule has 1 rings (SSSR count). The van der Waals surface area contributed by atoms with Crippen LogP contribution in [0.4, 0.5) is 0 Å². The van der Waals surface area contributed by atoms with E-state index in [2.05, 4.69) is 19.2 Å². The third-order valence-corrected chi connectivity index (χ3v) is 3.98. The van der Waals surface area contributed by atoms with Gasteiger partial charge in [-0.05, 0) is 37.5 Å². The average Bonchev–Trinajstić information content (AvgIpc) is 2.43. The average molecular weight is 298 g/mol. The lowest BCUT2D eigenvalue weighted by Gasteiger charge is -2.34. The highest BCUT2D eigenvalue weighted by molar-refractivity contribution is 5.88. The van der Waals surface area contributed by atoms with Gasteiger partial charge in [0.25, 0.3) is 0 Å². The predicted molar refractivity (Wildman–Crippen MR) is 82.7 cm³/mol. The number of rotatable bonds is 8. The zero-order valence-electron chi connectivity index (χ0n) is 13.6. The number of amides is 2. The zero-order valence-corrected chi connectivity index (χ0v) is 13.6. The van der Waals surface area contributed by atoms with E-state index in [1.165, 1.54) is 0 Å². The molecule has 1 aliphatic rings. The Bertz CT molecular complexity index is 344. The van der Waals surface area contributed by atoms with E-state index in [4.69, 9.17) is 5.11 Å². The van der Waals surface area contributed by atoms with Crippen LogP contribution in [-0.2, 0) is 9.59 Å². The van der Waals surface area contributed by atoms with E-state index < -0.39 is 0 Å². The number of nitrogens with zero attached hydrogens (tertiary/aromatic N) is 1. The SMILES string of the molecule is CC(C)CC(C(=O)NCC(C)CCO)N1CCCCC1=O. The van der Waals surface area contributed by atoms with E-state index in [1.807, 2.05) is 6.92 Å². The Morgan fingerprint density at radius 3 is 2.62 bits per heavy atom. The summed E-state index contributed by atoms with van der Waals surface area (Å²) >= 11 is 0. The van der Waals surface area contributed by atoms with Gasteiger partial charge in [0.05, 0.1) is 0 Å². The number of piperidine rings is 1. The molecule has 2 N–H and O–H groups in total. The molecule has 1 heterocycles. The molecule has 1 aliphatic heterocycles. The standard InChI is InChI=1S/C16H30N2O3/c1-12(2)10-14(18-8-5-4-6-15(18)20)16(21)17-11-13(3)7-9-19/h12-14,19H,4-11H2,1-3H3,(H,17,21). The molecule has 0 aliphatic carbocycles. The molecule has 122 valence electrons. The summed E-state index contributed by atoms with van der Waals surface area (Å²) in [5.41, 5.74) is 0. The summed E-state index contributed by atoms with van der Waals surface area (Å²) in [6.45, 7) is 7.52. The molecule has 21 heavy (non-hydrogen) atoms. The molecule has 5 nitrogen and oxygen atoms in total. The smallest absolute Gasteiger partial charge is 0.242 e. The molecule has 0 bridgehead atoms. The highest BCUT2D eigenvalue weighted by Gasteiger charge is 2.31. The Morgan fingerprint density at radius 1 is 1.33 bits per heavy atom. The molecular weight excluding hydrogens is 268 g/mol. The number of carbonyl (C=O) groups is 2. The van der Waals surface area contributed by atoms with Crippen LogP contribution in [0.3, 0.4) is 0 Å². The minimum atomic E-state index is -0.348. The first-order valence-electron chi connectivity index (χ1n) is 8.13. The van der Waals surface area contributed by atoms with Crippen LogP contribution in [0.15, 0.2) is 0 Å². The Labute approximate surface area is 128 Å². The van der Waals surface area contributed by atoms with Crippen LogP contribution in [0, 0.1) is 11.8 Å². The Morgan fingerprint density at radius 2 is 2.05 bits per heavy atom. The van der Waals surface area contributed by atoms with E-state index in [-0.39, 0.29) is 30.4 Å². The van der Waals surface area contributed by atoms with Crippen LogP contribution in [0.5, 0.6) is 0 Å². The third-order valence-electron chi connectivity index (χ3n) is 3.98. The first-order chi connectivity index (χ1) is 9.95. The van der Waals surface area contributed by atoms with Crippen molar-refractivity contribution in [2.45, 2.75) is 58.9 Å². The number of hydrogen-bond acceptors (Lipinski definition) is 3. The monoisotopic (exact) mass is 298 g/mol. The molecule has 0 aromatic rings. The quantitative estimate of drug-likeness (QED) is 0.714. The van der Waals surface area contributed by atoms with Crippen molar-refractivity contribution >= 4 is 11.8 Å². The van der Waals surface area contributed by atoms with Crippen molar-refractivity contribution in [3.8, 4) is 0 Å². The maximum absolute atomic E-state index is 12.5. The van der Waals surface area contributed by atoms with Crippen molar-refractivity contribution < 1.29 is 14.7 Å². The number of nitrogens with one attached hydrogen (secondary N) is 1. The molecule has 0 radical (unpaired) electrons. The van der Waals surface area contributed by atoms with Crippen molar-refractivity contribution in [3.63, 3.8) is 0 Å². The summed E-state index contributed by atoms with van der Waals surface area (Å²) in [6.07, 6.45) is 3.85. The normalized spacial score (nSPS) is 18.7. The topological polar surface area (TPSA) is 69.6 Å². The van der Waals surface area contributed by atoms with E-state index >= 15 is 0 Å². The first kappa shape index (κ1) is 18.0. The number of carbonyl (C=O) groups excluding carboxylic acids is 2. The summed E-state index contributed by atoms with van der Waals surface area (Å²) in [4.78, 5) is 26.3. The van der Waals surface area contributed by atoms with Gasteiger partial charge in [-0.25, -0.2) is 0 Å². The lowest BCUT2D eigenvalue weighted by Crippen LogP contribution is -2.52. The summed E-state index contributed by atoms with van der Waals surface area (Å²) < 4.78 is 0. The molecule has 2 unspecified atom stereocenters. The molecule has 2 atom stereocenters. The summed E-state index contributed by atoms with van der Waals surface area (Å²) in [5.74, 6) is 0.662. The second-order valence-electron chi connectivity index (χ2n) is 6.55. The summed E-state index contributed by atoms with van der Waals surface area (Å²) in [6, 6.07) is -0.348. The summed E-state index contributed by atoms with van der Waals surface area (Å²) in [7, 11) is 0. The van der Waals surface area contributed by atoms with Crippen molar-refractivity contribution in [1.29, 1.82) is 0 Å². The third kappa shape index (κ3) is 6.04. The van der Waals surface area contributed by atoms with Gasteiger partial charge in [-0.15, -0.1) is 0 Å². The molecule has 0 aromatic heterocycles. The molecule has 0 spiro atoms. The van der Waals surface area contributed by atoms with Crippen LogP contribution in [0.1, 0.15) is 52.9 Å². The zero-order chi connectivity index (χ0) is 15.8. The van der Waals surface area contributed by atoms with Crippen molar-refractivity contribution in [3.05, 3.63) is 0 Å². The van der Waals surface area contributed by atoms with Crippen LogP contribution >= 0.6 is 0 Å². The van der Waals surface area contributed by atoms with Crippen molar-refractivity contribution in [1.82, 2.24) is 10.2 Å². The van der Waals surface area contributed by atoms with E-state index in [9.17, 15) is 9.59 Å². The predicted octanol–water partition coefficient (Wildman–Crippen LogP) is 1.55.